The molecule has 26 heavy (non-hydrogen) atoms. The molecule has 1 aliphatic carbocycles. The van der Waals surface area contributed by atoms with Crippen molar-refractivity contribution in [2.75, 3.05) is 39.5 Å². The average molecular weight is 384 g/mol. The zero-order chi connectivity index (χ0) is 18.6. The van der Waals surface area contributed by atoms with Gasteiger partial charge >= 0.3 is 5.97 Å². The van der Waals surface area contributed by atoms with E-state index in [4.69, 9.17) is 9.47 Å². The highest BCUT2D eigenvalue weighted by Crippen LogP contribution is 2.29. The summed E-state index contributed by atoms with van der Waals surface area (Å²) < 4.78 is 38.1. The van der Waals surface area contributed by atoms with Crippen LogP contribution in [0.2, 0.25) is 0 Å². The molecule has 1 saturated carbocycles. The van der Waals surface area contributed by atoms with Crippen LogP contribution >= 0.6 is 0 Å². The first-order valence-electron chi connectivity index (χ1n) is 8.73. The van der Waals surface area contributed by atoms with Crippen molar-refractivity contribution in [1.82, 2.24) is 9.62 Å². The van der Waals surface area contributed by atoms with Crippen LogP contribution < -0.4 is 9.46 Å². The van der Waals surface area contributed by atoms with E-state index in [1.165, 1.54) is 25.0 Å². The number of carboxylic acid groups (broad SMARTS) is 1. The highest BCUT2D eigenvalue weighted by atomic mass is 32.2. The third kappa shape index (κ3) is 5.16. The fraction of sp³-hybridized carbons (Fsp3) is 0.588. The molecule has 1 aromatic rings. The number of nitrogens with one attached hydrogen (secondary N) is 1. The number of carboxylic acids is 1. The number of aliphatic carboxylic acids is 1. The Morgan fingerprint density at radius 1 is 1.27 bits per heavy atom. The molecule has 144 valence electrons. The lowest BCUT2D eigenvalue weighted by Gasteiger charge is -2.31. The van der Waals surface area contributed by atoms with E-state index in [0.29, 0.717) is 44.6 Å². The van der Waals surface area contributed by atoms with Gasteiger partial charge in [-0.3, -0.25) is 9.69 Å². The van der Waals surface area contributed by atoms with Gasteiger partial charge in [0.2, 0.25) is 10.0 Å². The lowest BCUT2D eigenvalue weighted by molar-refractivity contribution is -0.144. The summed E-state index contributed by atoms with van der Waals surface area (Å²) in [5, 5.41) is 9.40. The minimum Gasteiger partial charge on any atom is -0.493 e. The number of benzene rings is 1. The van der Waals surface area contributed by atoms with Crippen LogP contribution in [0.4, 0.5) is 0 Å². The number of morpholine rings is 1. The first-order chi connectivity index (χ1) is 12.5. The molecule has 1 atom stereocenters. The monoisotopic (exact) mass is 384 g/mol. The number of hydrogen-bond acceptors (Lipinski definition) is 6. The lowest BCUT2D eigenvalue weighted by atomic mass is 10.2. The molecule has 2 fully saturated rings. The fourth-order valence-electron chi connectivity index (χ4n) is 2.75. The second kappa shape index (κ2) is 8.34. The largest absolute Gasteiger partial charge is 0.493 e. The predicted octanol–water partition coefficient (Wildman–Crippen LogP) is 0.539. The Balaban J connectivity index is 1.58. The summed E-state index contributed by atoms with van der Waals surface area (Å²) in [6, 6.07) is 5.25. The molecule has 9 heteroatoms. The molecule has 0 aromatic heterocycles. The van der Waals surface area contributed by atoms with Gasteiger partial charge in [0.25, 0.3) is 0 Å². The van der Waals surface area contributed by atoms with Crippen molar-refractivity contribution < 1.29 is 27.8 Å². The molecule has 0 bridgehead atoms. The van der Waals surface area contributed by atoms with Gasteiger partial charge < -0.3 is 14.6 Å². The van der Waals surface area contributed by atoms with Crippen LogP contribution in [0.3, 0.4) is 0 Å². The minimum atomic E-state index is -3.79. The lowest BCUT2D eigenvalue weighted by Crippen LogP contribution is -2.52. The predicted molar refractivity (Wildman–Crippen MR) is 93.7 cm³/mol. The van der Waals surface area contributed by atoms with Crippen LogP contribution in [0.1, 0.15) is 12.8 Å². The van der Waals surface area contributed by atoms with E-state index in [1.807, 2.05) is 0 Å². The minimum absolute atomic E-state index is 0.0855. The van der Waals surface area contributed by atoms with Crippen molar-refractivity contribution in [2.24, 2.45) is 5.92 Å². The number of hydrogen-bond donors (Lipinski definition) is 2. The first-order valence-corrected chi connectivity index (χ1v) is 10.2. The molecule has 1 aromatic carbocycles. The van der Waals surface area contributed by atoms with Crippen LogP contribution in [-0.4, -0.2) is 69.9 Å². The molecule has 1 saturated heterocycles. The highest BCUT2D eigenvalue weighted by Gasteiger charge is 2.29. The van der Waals surface area contributed by atoms with Gasteiger partial charge in [-0.1, -0.05) is 0 Å². The normalized spacial score (nSPS) is 19.8. The van der Waals surface area contributed by atoms with Crippen molar-refractivity contribution in [3.63, 3.8) is 0 Å². The molecular formula is C17H24N2O6S. The standard InChI is InChI=1S/C17H24N2O6S/c20-17(21)16(19-7-9-24-10-8-19)11-18-26(22,23)15-5-3-14(4-6-15)25-12-13-1-2-13/h3-6,13,16,18H,1-2,7-12H2,(H,20,21)/t16-/m0/s1. The summed E-state index contributed by atoms with van der Waals surface area (Å²) in [7, 11) is -3.79. The molecule has 0 unspecified atom stereocenters. The SMILES string of the molecule is O=C(O)[C@H](CNS(=O)(=O)c1ccc(OCC2CC2)cc1)N1CCOCC1. The molecule has 3 rings (SSSR count). The van der Waals surface area contributed by atoms with E-state index in [-0.39, 0.29) is 11.4 Å². The summed E-state index contributed by atoms with van der Waals surface area (Å²) in [6.07, 6.45) is 2.37. The van der Waals surface area contributed by atoms with Gasteiger partial charge in [-0.15, -0.1) is 0 Å². The Bertz CT molecular complexity index is 711. The molecule has 2 aliphatic rings. The van der Waals surface area contributed by atoms with Crippen molar-refractivity contribution in [1.29, 1.82) is 0 Å². The smallest absolute Gasteiger partial charge is 0.322 e. The van der Waals surface area contributed by atoms with Crippen LogP contribution in [0.25, 0.3) is 0 Å². The molecular weight excluding hydrogens is 360 g/mol. The Hall–Kier alpha value is -1.68. The summed E-state index contributed by atoms with van der Waals surface area (Å²) in [5.41, 5.74) is 0. The van der Waals surface area contributed by atoms with E-state index >= 15 is 0 Å². The number of rotatable bonds is 9. The van der Waals surface area contributed by atoms with Crippen molar-refractivity contribution in [2.45, 2.75) is 23.8 Å². The van der Waals surface area contributed by atoms with Crippen molar-refractivity contribution >= 4 is 16.0 Å². The van der Waals surface area contributed by atoms with Gasteiger partial charge in [-0.05, 0) is 43.0 Å². The van der Waals surface area contributed by atoms with Crippen molar-refractivity contribution in [3.8, 4) is 5.75 Å². The average Bonchev–Trinajstić information content (AvgIpc) is 3.45. The highest BCUT2D eigenvalue weighted by molar-refractivity contribution is 7.89. The zero-order valence-corrected chi connectivity index (χ0v) is 15.3. The van der Waals surface area contributed by atoms with Crippen LogP contribution in [0.15, 0.2) is 29.2 Å². The molecule has 1 heterocycles. The third-order valence-electron chi connectivity index (χ3n) is 4.55. The molecule has 0 amide bonds. The van der Waals surface area contributed by atoms with Gasteiger partial charge in [0, 0.05) is 19.6 Å². The number of nitrogens with zero attached hydrogens (tertiary/aromatic N) is 1. The number of ether oxygens (including phenoxy) is 2. The van der Waals surface area contributed by atoms with E-state index < -0.39 is 22.0 Å². The van der Waals surface area contributed by atoms with Gasteiger partial charge in [-0.25, -0.2) is 13.1 Å². The molecule has 0 spiro atoms. The Morgan fingerprint density at radius 2 is 1.92 bits per heavy atom. The van der Waals surface area contributed by atoms with E-state index in [0.717, 1.165) is 0 Å². The molecule has 8 nitrogen and oxygen atoms in total. The topological polar surface area (TPSA) is 105 Å². The first kappa shape index (κ1) is 19.1. The summed E-state index contributed by atoms with van der Waals surface area (Å²) in [5.74, 6) is 0.194. The maximum absolute atomic E-state index is 12.4. The summed E-state index contributed by atoms with van der Waals surface area (Å²) >= 11 is 0. The van der Waals surface area contributed by atoms with Gasteiger partial charge in [0.05, 0.1) is 24.7 Å². The van der Waals surface area contributed by atoms with Gasteiger partial charge in [-0.2, -0.15) is 0 Å². The van der Waals surface area contributed by atoms with E-state index in [1.54, 1.807) is 17.0 Å². The van der Waals surface area contributed by atoms with Crippen LogP contribution in [0, 0.1) is 5.92 Å². The second-order valence-corrected chi connectivity index (χ2v) is 8.35. The molecule has 2 N–H and O–H groups in total. The van der Waals surface area contributed by atoms with Gasteiger partial charge in [0.1, 0.15) is 11.8 Å². The van der Waals surface area contributed by atoms with Crippen LogP contribution in [0.5, 0.6) is 5.75 Å². The zero-order valence-electron chi connectivity index (χ0n) is 14.5. The Morgan fingerprint density at radius 3 is 2.50 bits per heavy atom. The van der Waals surface area contributed by atoms with Crippen molar-refractivity contribution in [3.05, 3.63) is 24.3 Å². The second-order valence-electron chi connectivity index (χ2n) is 6.58. The van der Waals surface area contributed by atoms with E-state index in [9.17, 15) is 18.3 Å². The molecule has 1 aliphatic heterocycles. The van der Waals surface area contributed by atoms with Crippen LogP contribution in [-0.2, 0) is 19.6 Å². The molecule has 0 radical (unpaired) electrons. The maximum Gasteiger partial charge on any atom is 0.322 e. The summed E-state index contributed by atoms with van der Waals surface area (Å²) in [6.45, 7) is 2.27. The van der Waals surface area contributed by atoms with E-state index in [2.05, 4.69) is 4.72 Å². The maximum atomic E-state index is 12.4. The van der Waals surface area contributed by atoms with Gasteiger partial charge in [0.15, 0.2) is 0 Å². The fourth-order valence-corrected chi connectivity index (χ4v) is 3.79. The Labute approximate surface area is 153 Å². The number of sulfonamides is 1. The Kier molecular flexibility index (Phi) is 6.13. The quantitative estimate of drug-likeness (QED) is 0.640. The third-order valence-corrected chi connectivity index (χ3v) is 5.99. The summed E-state index contributed by atoms with van der Waals surface area (Å²) in [4.78, 5) is 13.3. The number of carbonyl (C=O) groups is 1.